The first kappa shape index (κ1) is 19.0. The SMILES string of the molecule is CCOc1ccc2c(c1)=CC(=Cc1sc(=S)n(CC3CCCO3)c1O)C(=O)N=2. The third-order valence-corrected chi connectivity index (χ3v) is 6.07. The number of aromatic hydroxyl groups is 1. The topological polar surface area (TPSA) is 73.1 Å². The first-order valence-electron chi connectivity index (χ1n) is 9.18. The number of aromatic nitrogens is 1. The fraction of sp³-hybridized carbons (Fsp3) is 0.350. The van der Waals surface area contributed by atoms with Crippen molar-refractivity contribution in [2.75, 3.05) is 13.2 Å². The minimum absolute atomic E-state index is 0.0630. The van der Waals surface area contributed by atoms with E-state index in [0.717, 1.165) is 30.4 Å². The van der Waals surface area contributed by atoms with E-state index in [1.165, 1.54) is 11.3 Å². The summed E-state index contributed by atoms with van der Waals surface area (Å²) in [4.78, 5) is 17.1. The molecule has 4 rings (SSSR count). The molecule has 0 bridgehead atoms. The van der Waals surface area contributed by atoms with Crippen molar-refractivity contribution in [2.45, 2.75) is 32.4 Å². The summed E-state index contributed by atoms with van der Waals surface area (Å²) in [5.41, 5.74) is 0.400. The number of thiazole rings is 1. The third-order valence-electron chi connectivity index (χ3n) is 4.68. The number of carbonyl (C=O) groups excluding carboxylic acids is 1. The van der Waals surface area contributed by atoms with Crippen LogP contribution in [0.2, 0.25) is 0 Å². The molecule has 0 aliphatic carbocycles. The van der Waals surface area contributed by atoms with Crippen LogP contribution in [0.15, 0.2) is 28.8 Å². The molecule has 1 amide bonds. The Hall–Kier alpha value is -2.29. The number of fused-ring (bicyclic) bond motifs is 1. The molecule has 1 fully saturated rings. The number of hydrogen-bond acceptors (Lipinski definition) is 6. The van der Waals surface area contributed by atoms with Crippen molar-refractivity contribution in [3.05, 3.63) is 43.2 Å². The normalized spacial score (nSPS) is 20.0. The zero-order chi connectivity index (χ0) is 19.7. The molecule has 6 nitrogen and oxygen atoms in total. The van der Waals surface area contributed by atoms with E-state index in [2.05, 4.69) is 4.99 Å². The summed E-state index contributed by atoms with van der Waals surface area (Å²) >= 11 is 6.67. The van der Waals surface area contributed by atoms with Crippen LogP contribution in [-0.2, 0) is 16.1 Å². The molecule has 146 valence electrons. The molecule has 1 unspecified atom stereocenters. The zero-order valence-corrected chi connectivity index (χ0v) is 17.0. The number of hydrogen-bond donors (Lipinski definition) is 1. The molecule has 1 aromatic heterocycles. The summed E-state index contributed by atoms with van der Waals surface area (Å²) in [7, 11) is 0. The molecule has 1 aromatic carbocycles. The highest BCUT2D eigenvalue weighted by Gasteiger charge is 2.20. The number of nitrogens with zero attached hydrogens (tertiary/aromatic N) is 2. The van der Waals surface area contributed by atoms with Crippen LogP contribution in [0.1, 0.15) is 24.6 Å². The fourth-order valence-electron chi connectivity index (χ4n) is 3.32. The standard InChI is InChI=1S/C20H20N2O4S2/c1-2-25-14-5-6-16-12(9-14)8-13(18(23)21-16)10-17-19(24)22(20(27)28-17)11-15-4-3-7-26-15/h5-6,8-10,15,24H,2-4,7,11H2,1H3. The lowest BCUT2D eigenvalue weighted by molar-refractivity contribution is -0.114. The zero-order valence-electron chi connectivity index (χ0n) is 15.4. The van der Waals surface area contributed by atoms with Gasteiger partial charge in [-0.3, -0.25) is 9.36 Å². The first-order chi connectivity index (χ1) is 13.5. The van der Waals surface area contributed by atoms with E-state index < -0.39 is 0 Å². The second kappa shape index (κ2) is 7.98. The van der Waals surface area contributed by atoms with Crippen molar-refractivity contribution < 1.29 is 19.4 Å². The fourth-order valence-corrected chi connectivity index (χ4v) is 4.59. The van der Waals surface area contributed by atoms with E-state index in [0.29, 0.717) is 32.9 Å². The van der Waals surface area contributed by atoms with Crippen LogP contribution < -0.4 is 15.3 Å². The van der Waals surface area contributed by atoms with Crippen molar-refractivity contribution in [1.29, 1.82) is 0 Å². The second-order valence-corrected chi connectivity index (χ2v) is 8.29. The van der Waals surface area contributed by atoms with Gasteiger partial charge in [0.2, 0.25) is 5.88 Å². The van der Waals surface area contributed by atoms with Gasteiger partial charge in [0.15, 0.2) is 3.95 Å². The molecule has 1 N–H and O–H groups in total. The van der Waals surface area contributed by atoms with Gasteiger partial charge in [-0.05, 0) is 62.3 Å². The maximum Gasteiger partial charge on any atom is 0.277 e. The Balaban J connectivity index is 1.70. The Morgan fingerprint density at radius 1 is 1.50 bits per heavy atom. The summed E-state index contributed by atoms with van der Waals surface area (Å²) in [6.07, 6.45) is 5.45. The molecular formula is C20H20N2O4S2. The number of carbonyl (C=O) groups is 1. The summed E-state index contributed by atoms with van der Waals surface area (Å²) in [5, 5.41) is 12.0. The minimum Gasteiger partial charge on any atom is -0.494 e. The number of benzene rings is 1. The van der Waals surface area contributed by atoms with Crippen molar-refractivity contribution >= 4 is 41.6 Å². The van der Waals surface area contributed by atoms with E-state index in [-0.39, 0.29) is 17.9 Å². The van der Waals surface area contributed by atoms with Gasteiger partial charge in [-0.15, -0.1) is 11.3 Å². The summed E-state index contributed by atoms with van der Waals surface area (Å²) in [5.74, 6) is 0.441. The van der Waals surface area contributed by atoms with Crippen LogP contribution in [0.3, 0.4) is 0 Å². The number of amides is 1. The quantitative estimate of drug-likeness (QED) is 0.599. The van der Waals surface area contributed by atoms with E-state index in [1.807, 2.05) is 13.0 Å². The van der Waals surface area contributed by atoms with Gasteiger partial charge >= 0.3 is 0 Å². The van der Waals surface area contributed by atoms with E-state index >= 15 is 0 Å². The van der Waals surface area contributed by atoms with Gasteiger partial charge < -0.3 is 14.6 Å². The van der Waals surface area contributed by atoms with Gasteiger partial charge in [0, 0.05) is 17.4 Å². The van der Waals surface area contributed by atoms with Gasteiger partial charge in [-0.1, -0.05) is 0 Å². The van der Waals surface area contributed by atoms with Gasteiger partial charge in [0.05, 0.1) is 29.5 Å². The maximum atomic E-state index is 12.4. The first-order valence-corrected chi connectivity index (χ1v) is 10.4. The van der Waals surface area contributed by atoms with Gasteiger partial charge in [-0.25, -0.2) is 4.99 Å². The molecular weight excluding hydrogens is 396 g/mol. The molecule has 3 heterocycles. The number of ether oxygens (including phenoxy) is 2. The number of rotatable bonds is 5. The molecule has 2 aliphatic heterocycles. The Kier molecular flexibility index (Phi) is 5.43. The monoisotopic (exact) mass is 416 g/mol. The smallest absolute Gasteiger partial charge is 0.277 e. The molecule has 2 aliphatic rings. The Morgan fingerprint density at radius 2 is 2.36 bits per heavy atom. The molecule has 0 spiro atoms. The predicted octanol–water partition coefficient (Wildman–Crippen LogP) is 2.59. The second-order valence-electron chi connectivity index (χ2n) is 6.62. The van der Waals surface area contributed by atoms with E-state index in [4.69, 9.17) is 21.7 Å². The lowest BCUT2D eigenvalue weighted by Gasteiger charge is -2.11. The highest BCUT2D eigenvalue weighted by atomic mass is 32.1. The maximum absolute atomic E-state index is 12.4. The van der Waals surface area contributed by atoms with Crippen LogP contribution in [-0.4, -0.2) is 34.9 Å². The molecule has 1 saturated heterocycles. The highest BCUT2D eigenvalue weighted by molar-refractivity contribution is 7.73. The molecule has 2 aromatic rings. The van der Waals surface area contributed by atoms with Crippen LogP contribution in [0.4, 0.5) is 0 Å². The van der Waals surface area contributed by atoms with Crippen LogP contribution in [0, 0.1) is 3.95 Å². The summed E-state index contributed by atoms with van der Waals surface area (Å²) < 4.78 is 13.4. The lowest BCUT2D eigenvalue weighted by Crippen LogP contribution is -2.30. The summed E-state index contributed by atoms with van der Waals surface area (Å²) in [6.45, 7) is 3.74. The average Bonchev–Trinajstić information content (AvgIpc) is 3.27. The van der Waals surface area contributed by atoms with Crippen LogP contribution in [0.5, 0.6) is 11.6 Å². The Bertz CT molecular complexity index is 1120. The lowest BCUT2D eigenvalue weighted by atomic mass is 10.1. The van der Waals surface area contributed by atoms with E-state index in [1.54, 1.807) is 28.9 Å². The third kappa shape index (κ3) is 3.80. The largest absolute Gasteiger partial charge is 0.494 e. The van der Waals surface area contributed by atoms with Gasteiger partial charge in [0.25, 0.3) is 5.91 Å². The summed E-state index contributed by atoms with van der Waals surface area (Å²) in [6, 6.07) is 5.42. The molecule has 0 radical (unpaired) electrons. The van der Waals surface area contributed by atoms with Crippen molar-refractivity contribution in [3.63, 3.8) is 0 Å². The average molecular weight is 417 g/mol. The molecule has 8 heteroatoms. The van der Waals surface area contributed by atoms with Crippen molar-refractivity contribution in [1.82, 2.24) is 4.57 Å². The molecule has 28 heavy (non-hydrogen) atoms. The van der Waals surface area contributed by atoms with Crippen molar-refractivity contribution in [3.8, 4) is 11.6 Å². The van der Waals surface area contributed by atoms with Crippen molar-refractivity contribution in [2.24, 2.45) is 4.99 Å². The van der Waals surface area contributed by atoms with Crippen LogP contribution in [0.25, 0.3) is 12.2 Å². The Morgan fingerprint density at radius 3 is 3.11 bits per heavy atom. The minimum atomic E-state index is -0.346. The van der Waals surface area contributed by atoms with Crippen LogP contribution >= 0.6 is 23.6 Å². The molecule has 0 saturated carbocycles. The highest BCUT2D eigenvalue weighted by Crippen LogP contribution is 2.30. The van der Waals surface area contributed by atoms with E-state index in [9.17, 15) is 9.90 Å². The predicted molar refractivity (Wildman–Crippen MR) is 110 cm³/mol. The van der Waals surface area contributed by atoms with Gasteiger partial charge in [-0.2, -0.15) is 0 Å². The Labute approximate surface area is 171 Å². The van der Waals surface area contributed by atoms with Gasteiger partial charge in [0.1, 0.15) is 5.75 Å². The molecule has 1 atom stereocenters.